The third-order valence-electron chi connectivity index (χ3n) is 4.12. The maximum Gasteiger partial charge on any atom is 0.142 e. The van der Waals surface area contributed by atoms with E-state index in [0.29, 0.717) is 13.0 Å². The third-order valence-corrected chi connectivity index (χ3v) is 4.12. The van der Waals surface area contributed by atoms with Crippen LogP contribution in [-0.2, 0) is 0 Å². The Bertz CT molecular complexity index is 819. The highest BCUT2D eigenvalue weighted by Gasteiger charge is 2.34. The van der Waals surface area contributed by atoms with Gasteiger partial charge in [0.1, 0.15) is 23.6 Å². The SMILES string of the molecule is O[C@@H]1C[C@H](c2cccc(F)c2)N(c2ncnc3[nH]ccc23)C1. The third kappa shape index (κ3) is 2.12. The number of β-amino-alcohol motifs (C(OH)–C–C–N with tert-alkyl or cyclic N) is 1. The quantitative estimate of drug-likeness (QED) is 0.762. The van der Waals surface area contributed by atoms with Crippen molar-refractivity contribution in [3.8, 4) is 0 Å². The van der Waals surface area contributed by atoms with Crippen molar-refractivity contribution in [3.05, 3.63) is 54.2 Å². The first-order chi connectivity index (χ1) is 10.7. The van der Waals surface area contributed by atoms with Crippen LogP contribution in [0, 0.1) is 5.82 Å². The Hall–Kier alpha value is -2.47. The molecule has 1 saturated heterocycles. The second kappa shape index (κ2) is 5.06. The van der Waals surface area contributed by atoms with Gasteiger partial charge in [-0.25, -0.2) is 14.4 Å². The normalized spacial score (nSPS) is 21.6. The largest absolute Gasteiger partial charge is 0.391 e. The highest BCUT2D eigenvalue weighted by molar-refractivity contribution is 5.87. The van der Waals surface area contributed by atoms with Crippen molar-refractivity contribution in [1.29, 1.82) is 0 Å². The van der Waals surface area contributed by atoms with E-state index in [1.807, 2.05) is 23.2 Å². The molecule has 3 heterocycles. The average Bonchev–Trinajstić information content (AvgIpc) is 3.13. The van der Waals surface area contributed by atoms with Gasteiger partial charge in [0.15, 0.2) is 0 Å². The van der Waals surface area contributed by atoms with Crippen molar-refractivity contribution >= 4 is 16.9 Å². The Morgan fingerprint density at radius 1 is 1.27 bits per heavy atom. The molecule has 1 aliphatic rings. The second-order valence-corrected chi connectivity index (χ2v) is 5.55. The summed E-state index contributed by atoms with van der Waals surface area (Å²) >= 11 is 0. The van der Waals surface area contributed by atoms with E-state index in [9.17, 15) is 9.50 Å². The van der Waals surface area contributed by atoms with Crippen molar-refractivity contribution in [2.24, 2.45) is 0 Å². The fourth-order valence-electron chi connectivity index (χ4n) is 3.17. The lowest BCUT2D eigenvalue weighted by molar-refractivity contribution is 0.194. The van der Waals surface area contributed by atoms with Crippen LogP contribution >= 0.6 is 0 Å². The predicted octanol–water partition coefficient (Wildman–Crippen LogP) is 2.41. The fraction of sp³-hybridized carbons (Fsp3) is 0.250. The minimum Gasteiger partial charge on any atom is -0.391 e. The van der Waals surface area contributed by atoms with Crippen LogP contribution in [0.15, 0.2) is 42.9 Å². The Morgan fingerprint density at radius 2 is 2.18 bits per heavy atom. The number of fused-ring (bicyclic) bond motifs is 1. The van der Waals surface area contributed by atoms with Gasteiger partial charge in [0.05, 0.1) is 17.5 Å². The zero-order valence-electron chi connectivity index (χ0n) is 11.8. The van der Waals surface area contributed by atoms with Gasteiger partial charge in [0, 0.05) is 12.7 Å². The molecule has 0 spiro atoms. The van der Waals surface area contributed by atoms with Crippen LogP contribution in [0.2, 0.25) is 0 Å². The first kappa shape index (κ1) is 13.2. The maximum atomic E-state index is 13.5. The van der Waals surface area contributed by atoms with Crippen molar-refractivity contribution < 1.29 is 9.50 Å². The van der Waals surface area contributed by atoms with Crippen molar-refractivity contribution in [2.45, 2.75) is 18.6 Å². The lowest BCUT2D eigenvalue weighted by Crippen LogP contribution is -2.25. The summed E-state index contributed by atoms with van der Waals surface area (Å²) in [6, 6.07) is 8.34. The maximum absolute atomic E-state index is 13.5. The molecule has 5 nitrogen and oxygen atoms in total. The van der Waals surface area contributed by atoms with E-state index in [2.05, 4.69) is 15.0 Å². The molecule has 2 atom stereocenters. The Kier molecular flexibility index (Phi) is 3.04. The molecule has 1 aliphatic heterocycles. The van der Waals surface area contributed by atoms with Crippen molar-refractivity contribution in [2.75, 3.05) is 11.4 Å². The zero-order valence-corrected chi connectivity index (χ0v) is 11.8. The topological polar surface area (TPSA) is 65.0 Å². The molecule has 0 aliphatic carbocycles. The molecule has 0 bridgehead atoms. The van der Waals surface area contributed by atoms with Gasteiger partial charge >= 0.3 is 0 Å². The standard InChI is InChI=1S/C16H15FN4O/c17-11-3-1-2-10(6-11)14-7-12(22)8-21(14)16-13-4-5-18-15(13)19-9-20-16/h1-6,9,12,14,22H,7-8H2,(H,18,19,20)/t12-,14-/m1/s1. The molecule has 0 unspecified atom stereocenters. The fourth-order valence-corrected chi connectivity index (χ4v) is 3.17. The number of rotatable bonds is 2. The Balaban J connectivity index is 1.80. The van der Waals surface area contributed by atoms with Gasteiger partial charge in [0.2, 0.25) is 0 Å². The number of benzene rings is 1. The van der Waals surface area contributed by atoms with Crippen LogP contribution in [0.1, 0.15) is 18.0 Å². The molecule has 2 aromatic heterocycles. The summed E-state index contributed by atoms with van der Waals surface area (Å²) in [5.41, 5.74) is 1.60. The van der Waals surface area contributed by atoms with Crippen LogP contribution < -0.4 is 4.90 Å². The number of aliphatic hydroxyl groups is 1. The number of aromatic amines is 1. The number of nitrogens with one attached hydrogen (secondary N) is 1. The molecular formula is C16H15FN4O. The molecule has 22 heavy (non-hydrogen) atoms. The molecular weight excluding hydrogens is 283 g/mol. The van der Waals surface area contributed by atoms with Crippen LogP contribution in [-0.4, -0.2) is 32.7 Å². The van der Waals surface area contributed by atoms with Crippen LogP contribution in [0.5, 0.6) is 0 Å². The first-order valence-electron chi connectivity index (χ1n) is 7.20. The first-order valence-corrected chi connectivity index (χ1v) is 7.20. The van der Waals surface area contributed by atoms with Crippen molar-refractivity contribution in [1.82, 2.24) is 15.0 Å². The lowest BCUT2D eigenvalue weighted by atomic mass is 10.0. The number of aliphatic hydroxyl groups excluding tert-OH is 1. The average molecular weight is 298 g/mol. The number of halogens is 1. The number of H-pyrrole nitrogens is 1. The highest BCUT2D eigenvalue weighted by Crippen LogP contribution is 2.37. The molecule has 6 heteroatoms. The number of hydrogen-bond donors (Lipinski definition) is 2. The second-order valence-electron chi connectivity index (χ2n) is 5.55. The molecule has 4 rings (SSSR count). The van der Waals surface area contributed by atoms with E-state index in [4.69, 9.17) is 0 Å². The number of nitrogens with zero attached hydrogens (tertiary/aromatic N) is 3. The van der Waals surface area contributed by atoms with E-state index >= 15 is 0 Å². The minimum atomic E-state index is -0.461. The van der Waals surface area contributed by atoms with Crippen molar-refractivity contribution in [3.63, 3.8) is 0 Å². The van der Waals surface area contributed by atoms with Gasteiger partial charge < -0.3 is 15.0 Å². The summed E-state index contributed by atoms with van der Waals surface area (Å²) in [5, 5.41) is 11.0. The summed E-state index contributed by atoms with van der Waals surface area (Å²) in [6.45, 7) is 0.471. The summed E-state index contributed by atoms with van der Waals surface area (Å²) in [5.74, 6) is 0.491. The summed E-state index contributed by atoms with van der Waals surface area (Å²) in [4.78, 5) is 13.7. The summed E-state index contributed by atoms with van der Waals surface area (Å²) < 4.78 is 13.5. The van der Waals surface area contributed by atoms with Crippen LogP contribution in [0.4, 0.5) is 10.2 Å². The van der Waals surface area contributed by atoms with Crippen LogP contribution in [0.25, 0.3) is 11.0 Å². The van der Waals surface area contributed by atoms with Gasteiger partial charge in [0.25, 0.3) is 0 Å². The summed E-state index contributed by atoms with van der Waals surface area (Å²) in [6.07, 6.45) is 3.41. The smallest absolute Gasteiger partial charge is 0.142 e. The lowest BCUT2D eigenvalue weighted by Gasteiger charge is -2.26. The number of hydrogen-bond acceptors (Lipinski definition) is 4. The molecule has 112 valence electrons. The van der Waals surface area contributed by atoms with Gasteiger partial charge in [-0.2, -0.15) is 0 Å². The predicted molar refractivity (Wildman–Crippen MR) is 81.0 cm³/mol. The van der Waals surface area contributed by atoms with E-state index in [1.165, 1.54) is 18.5 Å². The number of aromatic nitrogens is 3. The molecule has 2 N–H and O–H groups in total. The molecule has 1 fully saturated rings. The van der Waals surface area contributed by atoms with Gasteiger partial charge in [-0.3, -0.25) is 0 Å². The molecule has 3 aromatic rings. The molecule has 1 aromatic carbocycles. The van der Waals surface area contributed by atoms with Gasteiger partial charge in [-0.05, 0) is 30.2 Å². The summed E-state index contributed by atoms with van der Waals surface area (Å²) in [7, 11) is 0. The highest BCUT2D eigenvalue weighted by atomic mass is 19.1. The van der Waals surface area contributed by atoms with E-state index < -0.39 is 6.10 Å². The molecule has 0 radical (unpaired) electrons. The van der Waals surface area contributed by atoms with Gasteiger partial charge in [-0.15, -0.1) is 0 Å². The molecule has 0 amide bonds. The minimum absolute atomic E-state index is 0.0984. The van der Waals surface area contributed by atoms with E-state index in [0.717, 1.165) is 22.4 Å². The van der Waals surface area contributed by atoms with E-state index in [-0.39, 0.29) is 11.9 Å². The zero-order chi connectivity index (χ0) is 15.1. The number of anilines is 1. The molecule has 0 saturated carbocycles. The van der Waals surface area contributed by atoms with Crippen LogP contribution in [0.3, 0.4) is 0 Å². The monoisotopic (exact) mass is 298 g/mol. The Morgan fingerprint density at radius 3 is 3.05 bits per heavy atom. The van der Waals surface area contributed by atoms with Gasteiger partial charge in [-0.1, -0.05) is 12.1 Å². The Labute approximate surface area is 126 Å². The van der Waals surface area contributed by atoms with E-state index in [1.54, 1.807) is 6.07 Å².